The van der Waals surface area contributed by atoms with Crippen LogP contribution < -0.4 is 10.1 Å². The predicted octanol–water partition coefficient (Wildman–Crippen LogP) is 4.02. The molecule has 4 heteroatoms. The largest absolute Gasteiger partial charge is 0.487 e. The quantitative estimate of drug-likeness (QED) is 0.875. The standard InChI is InChI=1S/C17H22N2OS/c1-3-8-18-17-7-4-13-9-15(5-6-16(13)17)20-10-14-11-21-12(2)19-14/h5-6,9,11,17-18H,3-4,7-8,10H2,1-2H3. The van der Waals surface area contributed by atoms with E-state index in [0.29, 0.717) is 12.6 Å². The van der Waals surface area contributed by atoms with Crippen molar-refractivity contribution in [1.29, 1.82) is 0 Å². The van der Waals surface area contributed by atoms with Gasteiger partial charge < -0.3 is 10.1 Å². The van der Waals surface area contributed by atoms with Gasteiger partial charge in [0.05, 0.1) is 10.7 Å². The summed E-state index contributed by atoms with van der Waals surface area (Å²) >= 11 is 1.67. The maximum atomic E-state index is 5.87. The third kappa shape index (κ3) is 3.44. The number of hydrogen-bond donors (Lipinski definition) is 1. The molecule has 3 rings (SSSR count). The van der Waals surface area contributed by atoms with Crippen molar-refractivity contribution < 1.29 is 4.74 Å². The van der Waals surface area contributed by atoms with Crippen molar-refractivity contribution in [1.82, 2.24) is 10.3 Å². The molecule has 112 valence electrons. The minimum Gasteiger partial charge on any atom is -0.487 e. The average molecular weight is 302 g/mol. The molecule has 0 saturated carbocycles. The van der Waals surface area contributed by atoms with Crippen molar-refractivity contribution in [3.8, 4) is 5.75 Å². The first-order valence-electron chi connectivity index (χ1n) is 7.66. The van der Waals surface area contributed by atoms with Crippen LogP contribution in [0.2, 0.25) is 0 Å². The van der Waals surface area contributed by atoms with E-state index >= 15 is 0 Å². The van der Waals surface area contributed by atoms with Crippen LogP contribution in [0.3, 0.4) is 0 Å². The normalized spacial score (nSPS) is 17.0. The van der Waals surface area contributed by atoms with Gasteiger partial charge in [0.1, 0.15) is 12.4 Å². The van der Waals surface area contributed by atoms with Gasteiger partial charge in [0.25, 0.3) is 0 Å². The molecule has 0 fully saturated rings. The maximum Gasteiger partial charge on any atom is 0.131 e. The number of benzene rings is 1. The highest BCUT2D eigenvalue weighted by molar-refractivity contribution is 7.09. The SMILES string of the molecule is CCCNC1CCc2cc(OCc3csc(C)n3)ccc21. The second-order valence-electron chi connectivity index (χ2n) is 5.55. The molecule has 1 aliphatic rings. The monoisotopic (exact) mass is 302 g/mol. The highest BCUT2D eigenvalue weighted by Gasteiger charge is 2.21. The smallest absolute Gasteiger partial charge is 0.131 e. The summed E-state index contributed by atoms with van der Waals surface area (Å²) in [5.41, 5.74) is 3.89. The predicted molar refractivity (Wildman–Crippen MR) is 87.0 cm³/mol. The van der Waals surface area contributed by atoms with Crippen molar-refractivity contribution in [3.63, 3.8) is 0 Å². The van der Waals surface area contributed by atoms with Gasteiger partial charge in [-0.3, -0.25) is 0 Å². The highest BCUT2D eigenvalue weighted by atomic mass is 32.1. The number of nitrogens with one attached hydrogen (secondary N) is 1. The molecule has 1 N–H and O–H groups in total. The van der Waals surface area contributed by atoms with E-state index in [4.69, 9.17) is 4.74 Å². The Hall–Kier alpha value is -1.39. The molecular formula is C17H22N2OS. The molecule has 1 atom stereocenters. The van der Waals surface area contributed by atoms with Gasteiger partial charge in [-0.15, -0.1) is 11.3 Å². The van der Waals surface area contributed by atoms with E-state index in [1.54, 1.807) is 11.3 Å². The van der Waals surface area contributed by atoms with E-state index in [0.717, 1.165) is 29.4 Å². The lowest BCUT2D eigenvalue weighted by Gasteiger charge is -2.13. The summed E-state index contributed by atoms with van der Waals surface area (Å²) in [5.74, 6) is 0.954. The van der Waals surface area contributed by atoms with Crippen LogP contribution in [0.5, 0.6) is 5.75 Å². The van der Waals surface area contributed by atoms with Gasteiger partial charge in [-0.2, -0.15) is 0 Å². The molecular weight excluding hydrogens is 280 g/mol. The first kappa shape index (κ1) is 14.5. The van der Waals surface area contributed by atoms with Crippen molar-refractivity contribution in [2.45, 2.75) is 45.8 Å². The molecule has 0 bridgehead atoms. The molecule has 1 aromatic carbocycles. The number of rotatable bonds is 6. The van der Waals surface area contributed by atoms with Crippen LogP contribution in [0.4, 0.5) is 0 Å². The van der Waals surface area contributed by atoms with Crippen molar-refractivity contribution in [2.75, 3.05) is 6.54 Å². The van der Waals surface area contributed by atoms with Crippen LogP contribution in [0.15, 0.2) is 23.6 Å². The molecule has 0 amide bonds. The number of ether oxygens (including phenoxy) is 1. The Labute approximate surface area is 130 Å². The Bertz CT molecular complexity index is 609. The first-order valence-corrected chi connectivity index (χ1v) is 8.54. The van der Waals surface area contributed by atoms with Gasteiger partial charge in [0, 0.05) is 11.4 Å². The molecule has 0 saturated heterocycles. The van der Waals surface area contributed by atoms with Crippen LogP contribution >= 0.6 is 11.3 Å². The Morgan fingerprint density at radius 1 is 1.43 bits per heavy atom. The summed E-state index contributed by atoms with van der Waals surface area (Å²) in [6.45, 7) is 5.87. The molecule has 21 heavy (non-hydrogen) atoms. The second kappa shape index (κ2) is 6.58. The lowest BCUT2D eigenvalue weighted by Crippen LogP contribution is -2.19. The lowest BCUT2D eigenvalue weighted by molar-refractivity contribution is 0.301. The van der Waals surface area contributed by atoms with Gasteiger partial charge in [0.2, 0.25) is 0 Å². The zero-order chi connectivity index (χ0) is 14.7. The van der Waals surface area contributed by atoms with E-state index in [1.807, 2.05) is 6.92 Å². The zero-order valence-corrected chi connectivity index (χ0v) is 13.5. The van der Waals surface area contributed by atoms with Gasteiger partial charge in [-0.25, -0.2) is 4.98 Å². The topological polar surface area (TPSA) is 34.1 Å². The number of hydrogen-bond acceptors (Lipinski definition) is 4. The number of fused-ring (bicyclic) bond motifs is 1. The van der Waals surface area contributed by atoms with Gasteiger partial charge in [0.15, 0.2) is 0 Å². The lowest BCUT2D eigenvalue weighted by atomic mass is 10.1. The second-order valence-corrected chi connectivity index (χ2v) is 6.61. The van der Waals surface area contributed by atoms with Gasteiger partial charge in [-0.05, 0) is 56.0 Å². The summed E-state index contributed by atoms with van der Waals surface area (Å²) in [7, 11) is 0. The molecule has 0 radical (unpaired) electrons. The fourth-order valence-corrected chi connectivity index (χ4v) is 3.44. The molecule has 3 nitrogen and oxygen atoms in total. The number of aryl methyl sites for hydroxylation is 2. The third-order valence-electron chi connectivity index (χ3n) is 3.89. The van der Waals surface area contributed by atoms with Crippen molar-refractivity contribution in [2.24, 2.45) is 0 Å². The van der Waals surface area contributed by atoms with Gasteiger partial charge in [-0.1, -0.05) is 13.0 Å². The molecule has 2 aromatic rings. The van der Waals surface area contributed by atoms with Crippen LogP contribution in [0.1, 0.15) is 47.6 Å². The van der Waals surface area contributed by atoms with E-state index in [2.05, 4.69) is 40.8 Å². The van der Waals surface area contributed by atoms with Crippen LogP contribution in [0, 0.1) is 6.92 Å². The van der Waals surface area contributed by atoms with E-state index < -0.39 is 0 Å². The summed E-state index contributed by atoms with van der Waals surface area (Å²) in [6.07, 6.45) is 3.52. The molecule has 0 spiro atoms. The van der Waals surface area contributed by atoms with E-state index in [-0.39, 0.29) is 0 Å². The van der Waals surface area contributed by atoms with Gasteiger partial charge >= 0.3 is 0 Å². The fourth-order valence-electron chi connectivity index (χ4n) is 2.85. The average Bonchev–Trinajstić information content (AvgIpc) is 3.09. The van der Waals surface area contributed by atoms with E-state index in [9.17, 15) is 0 Å². The minimum atomic E-state index is 0.523. The third-order valence-corrected chi connectivity index (χ3v) is 4.71. The number of aromatic nitrogens is 1. The van der Waals surface area contributed by atoms with Crippen molar-refractivity contribution in [3.05, 3.63) is 45.4 Å². The first-order chi connectivity index (χ1) is 10.3. The zero-order valence-electron chi connectivity index (χ0n) is 12.7. The minimum absolute atomic E-state index is 0.523. The highest BCUT2D eigenvalue weighted by Crippen LogP contribution is 2.33. The summed E-state index contributed by atoms with van der Waals surface area (Å²) in [6, 6.07) is 7.03. The Morgan fingerprint density at radius 2 is 2.33 bits per heavy atom. The van der Waals surface area contributed by atoms with Crippen LogP contribution in [-0.2, 0) is 13.0 Å². The van der Waals surface area contributed by atoms with Crippen molar-refractivity contribution >= 4 is 11.3 Å². The maximum absolute atomic E-state index is 5.87. The van der Waals surface area contributed by atoms with E-state index in [1.165, 1.54) is 24.0 Å². The Kier molecular flexibility index (Phi) is 4.56. The van der Waals surface area contributed by atoms with Crippen LogP contribution in [-0.4, -0.2) is 11.5 Å². The molecule has 1 heterocycles. The molecule has 1 aromatic heterocycles. The fraction of sp³-hybridized carbons (Fsp3) is 0.471. The molecule has 1 unspecified atom stereocenters. The Morgan fingerprint density at radius 3 is 3.10 bits per heavy atom. The number of thiazole rings is 1. The van der Waals surface area contributed by atoms with Crippen LogP contribution in [0.25, 0.3) is 0 Å². The summed E-state index contributed by atoms with van der Waals surface area (Å²) < 4.78 is 5.87. The number of nitrogens with zero attached hydrogens (tertiary/aromatic N) is 1. The molecule has 0 aliphatic heterocycles. The summed E-state index contributed by atoms with van der Waals surface area (Å²) in [5, 5.41) is 6.77. The Balaban J connectivity index is 1.64. The molecule has 1 aliphatic carbocycles. The summed E-state index contributed by atoms with van der Waals surface area (Å²) in [4.78, 5) is 4.43.